The Morgan fingerprint density at radius 1 is 1.15 bits per heavy atom. The molecule has 1 amide bonds. The lowest BCUT2D eigenvalue weighted by Crippen LogP contribution is -2.52. The molecule has 1 spiro atoms. The minimum Gasteiger partial charge on any atom is -0.444 e. The molecule has 3 atom stereocenters. The molecule has 1 aliphatic heterocycles. The molecule has 0 radical (unpaired) electrons. The molecule has 6 nitrogen and oxygen atoms in total. The van der Waals surface area contributed by atoms with Crippen LogP contribution in [0.25, 0.3) is 0 Å². The summed E-state index contributed by atoms with van der Waals surface area (Å²) >= 11 is 0. The highest BCUT2D eigenvalue weighted by Gasteiger charge is 2.50. The number of piperidine rings is 1. The van der Waals surface area contributed by atoms with Gasteiger partial charge < -0.3 is 14.4 Å². The Balaban J connectivity index is 2.05. The monoisotopic (exact) mass is 388 g/mol. The fourth-order valence-corrected chi connectivity index (χ4v) is 4.82. The van der Waals surface area contributed by atoms with Crippen LogP contribution in [0, 0.1) is 5.41 Å². The quantitative estimate of drug-likeness (QED) is 0.806. The second-order valence-electron chi connectivity index (χ2n) is 9.68. The van der Waals surface area contributed by atoms with E-state index in [1.807, 2.05) is 41.5 Å². The second kappa shape index (κ2) is 7.76. The third-order valence-electron chi connectivity index (χ3n) is 5.42. The Morgan fingerprint density at radius 2 is 1.73 bits per heavy atom. The first-order chi connectivity index (χ1) is 11.9. The molecule has 1 saturated carbocycles. The maximum Gasteiger partial charge on any atom is 0.410 e. The summed E-state index contributed by atoms with van der Waals surface area (Å²) in [6.07, 6.45) is 3.51. The van der Waals surface area contributed by atoms with Gasteiger partial charge in [0.15, 0.2) is 0 Å². The molecule has 1 heterocycles. The zero-order valence-electron chi connectivity index (χ0n) is 17.4. The van der Waals surface area contributed by atoms with Crippen LogP contribution in [0.3, 0.4) is 0 Å². The molecule has 2 aliphatic rings. The lowest BCUT2D eigenvalue weighted by molar-refractivity contribution is 0.00589. The molecule has 1 aliphatic carbocycles. The highest BCUT2D eigenvalue weighted by molar-refractivity contribution is 7.84. The highest BCUT2D eigenvalue weighted by Crippen LogP contribution is 2.47. The first-order valence-electron chi connectivity index (χ1n) is 9.55. The lowest BCUT2D eigenvalue weighted by Gasteiger charge is -2.43. The van der Waals surface area contributed by atoms with Crippen molar-refractivity contribution in [2.75, 3.05) is 20.2 Å². The number of ether oxygens (including phenoxy) is 2. The van der Waals surface area contributed by atoms with E-state index in [1.54, 1.807) is 12.0 Å². The number of hydrogen-bond acceptors (Lipinski definition) is 4. The SMILES string of the molecule is CO[C@H]1C[C@@H](N[S@@](=O)C(C)(C)C)C2(CCN(C(=O)OC(C)(C)C)CC2)C1. The van der Waals surface area contributed by atoms with Gasteiger partial charge in [-0.2, -0.15) is 0 Å². The number of hydrogen-bond donors (Lipinski definition) is 1. The number of rotatable bonds is 3. The van der Waals surface area contributed by atoms with Gasteiger partial charge in [0.25, 0.3) is 0 Å². The van der Waals surface area contributed by atoms with Gasteiger partial charge in [-0.05, 0) is 72.6 Å². The smallest absolute Gasteiger partial charge is 0.410 e. The van der Waals surface area contributed by atoms with Crippen LogP contribution in [-0.2, 0) is 20.5 Å². The van der Waals surface area contributed by atoms with Crippen molar-refractivity contribution in [1.82, 2.24) is 9.62 Å². The average Bonchev–Trinajstić information content (AvgIpc) is 2.83. The average molecular weight is 389 g/mol. The molecule has 0 aromatic carbocycles. The standard InChI is InChI=1S/C19H36N2O4S/c1-17(2,3)25-16(22)21-10-8-19(9-11-21)13-14(24-7)12-15(19)20-26(23)18(4,5)6/h14-15,20H,8-13H2,1-7H3/t14-,15+,26-/m0/s1. The topological polar surface area (TPSA) is 67.9 Å². The molecule has 0 aromatic rings. The van der Waals surface area contributed by atoms with Crippen molar-refractivity contribution >= 4 is 17.1 Å². The van der Waals surface area contributed by atoms with Gasteiger partial charge in [0.1, 0.15) is 5.60 Å². The molecule has 0 bridgehead atoms. The molecule has 2 fully saturated rings. The number of carbonyl (C=O) groups excluding carboxylic acids is 1. The summed E-state index contributed by atoms with van der Waals surface area (Å²) in [7, 11) is 0.634. The first-order valence-corrected chi connectivity index (χ1v) is 10.7. The van der Waals surface area contributed by atoms with E-state index in [9.17, 15) is 9.00 Å². The second-order valence-corrected chi connectivity index (χ2v) is 11.7. The van der Waals surface area contributed by atoms with Gasteiger partial charge >= 0.3 is 6.09 Å². The lowest BCUT2D eigenvalue weighted by atomic mass is 9.74. The van der Waals surface area contributed by atoms with Crippen molar-refractivity contribution in [1.29, 1.82) is 0 Å². The third kappa shape index (κ3) is 5.20. The Kier molecular flexibility index (Phi) is 6.46. The molecule has 0 aromatic heterocycles. The van der Waals surface area contributed by atoms with Crippen LogP contribution in [-0.4, -0.2) is 57.9 Å². The molecule has 1 N–H and O–H groups in total. The number of amides is 1. The predicted molar refractivity (Wildman–Crippen MR) is 104 cm³/mol. The van der Waals surface area contributed by atoms with E-state index in [0.29, 0.717) is 13.1 Å². The number of methoxy groups -OCH3 is 1. The molecule has 26 heavy (non-hydrogen) atoms. The fraction of sp³-hybridized carbons (Fsp3) is 0.947. The number of nitrogens with zero attached hydrogens (tertiary/aromatic N) is 1. The van der Waals surface area contributed by atoms with Crippen molar-refractivity contribution in [3.05, 3.63) is 0 Å². The number of nitrogens with one attached hydrogen (secondary N) is 1. The van der Waals surface area contributed by atoms with Crippen molar-refractivity contribution in [2.45, 2.75) is 89.7 Å². The van der Waals surface area contributed by atoms with Gasteiger partial charge in [0.2, 0.25) is 0 Å². The van der Waals surface area contributed by atoms with Gasteiger partial charge in [-0.25, -0.2) is 13.7 Å². The van der Waals surface area contributed by atoms with E-state index in [1.165, 1.54) is 0 Å². The molecule has 152 valence electrons. The zero-order chi connectivity index (χ0) is 19.8. The minimum atomic E-state index is -1.11. The largest absolute Gasteiger partial charge is 0.444 e. The maximum atomic E-state index is 12.6. The number of carbonyl (C=O) groups is 1. The van der Waals surface area contributed by atoms with Crippen LogP contribution < -0.4 is 4.72 Å². The summed E-state index contributed by atoms with van der Waals surface area (Å²) in [5.41, 5.74) is -0.450. The Morgan fingerprint density at radius 3 is 2.19 bits per heavy atom. The summed E-state index contributed by atoms with van der Waals surface area (Å²) in [5.74, 6) is 0. The third-order valence-corrected chi connectivity index (χ3v) is 7.03. The molecule has 1 saturated heterocycles. The summed E-state index contributed by atoms with van der Waals surface area (Å²) in [5, 5.41) is 0. The van der Waals surface area contributed by atoms with E-state index in [4.69, 9.17) is 9.47 Å². The first kappa shape index (κ1) is 21.6. The van der Waals surface area contributed by atoms with E-state index in [-0.39, 0.29) is 28.4 Å². The Labute approximate surface area is 161 Å². The van der Waals surface area contributed by atoms with Crippen LogP contribution in [0.1, 0.15) is 67.2 Å². The van der Waals surface area contributed by atoms with Crippen molar-refractivity contribution in [3.63, 3.8) is 0 Å². The van der Waals surface area contributed by atoms with Gasteiger partial charge in [-0.15, -0.1) is 0 Å². The van der Waals surface area contributed by atoms with Crippen LogP contribution in [0.4, 0.5) is 4.79 Å². The summed E-state index contributed by atoms with van der Waals surface area (Å²) < 4.78 is 26.9. The van der Waals surface area contributed by atoms with Gasteiger partial charge in [-0.3, -0.25) is 0 Å². The van der Waals surface area contributed by atoms with E-state index < -0.39 is 16.6 Å². The van der Waals surface area contributed by atoms with E-state index in [0.717, 1.165) is 25.7 Å². The number of likely N-dealkylation sites (tertiary alicyclic amines) is 1. The zero-order valence-corrected chi connectivity index (χ0v) is 18.2. The summed E-state index contributed by atoms with van der Waals surface area (Å²) in [6, 6.07) is 0.147. The Bertz CT molecular complexity index is 531. The van der Waals surface area contributed by atoms with Crippen molar-refractivity contribution < 1.29 is 18.5 Å². The van der Waals surface area contributed by atoms with Gasteiger partial charge in [0.05, 0.1) is 21.8 Å². The molecule has 2 rings (SSSR count). The van der Waals surface area contributed by atoms with Crippen molar-refractivity contribution in [2.24, 2.45) is 5.41 Å². The maximum absolute atomic E-state index is 12.6. The normalized spacial score (nSPS) is 27.6. The van der Waals surface area contributed by atoms with E-state index in [2.05, 4.69) is 4.72 Å². The van der Waals surface area contributed by atoms with Gasteiger partial charge in [0, 0.05) is 26.2 Å². The van der Waals surface area contributed by atoms with Crippen LogP contribution in [0.5, 0.6) is 0 Å². The van der Waals surface area contributed by atoms with Crippen LogP contribution >= 0.6 is 0 Å². The summed E-state index contributed by atoms with van der Waals surface area (Å²) in [4.78, 5) is 14.1. The van der Waals surface area contributed by atoms with Gasteiger partial charge in [-0.1, -0.05) is 0 Å². The van der Waals surface area contributed by atoms with Crippen molar-refractivity contribution in [3.8, 4) is 0 Å². The molecular weight excluding hydrogens is 352 g/mol. The Hall–Kier alpha value is -0.660. The predicted octanol–water partition coefficient (Wildman–Crippen LogP) is 3.23. The molecule has 0 unspecified atom stereocenters. The minimum absolute atomic E-state index is 0.0279. The van der Waals surface area contributed by atoms with Crippen LogP contribution in [0.15, 0.2) is 0 Å². The molecular formula is C19H36N2O4S. The van der Waals surface area contributed by atoms with E-state index >= 15 is 0 Å². The summed E-state index contributed by atoms with van der Waals surface area (Å²) in [6.45, 7) is 13.0. The fourth-order valence-electron chi connectivity index (χ4n) is 3.86. The van der Waals surface area contributed by atoms with Crippen LogP contribution in [0.2, 0.25) is 0 Å². The highest BCUT2D eigenvalue weighted by atomic mass is 32.2. The molecule has 7 heteroatoms.